The zero-order valence-electron chi connectivity index (χ0n) is 11.8. The van der Waals surface area contributed by atoms with Crippen molar-refractivity contribution in [1.82, 2.24) is 0 Å². The van der Waals surface area contributed by atoms with E-state index in [-0.39, 0.29) is 6.04 Å². The fourth-order valence-corrected chi connectivity index (χ4v) is 2.01. The summed E-state index contributed by atoms with van der Waals surface area (Å²) in [6, 6.07) is 15.6. The molecule has 0 amide bonds. The molecule has 1 unspecified atom stereocenters. The Morgan fingerprint density at radius 2 is 2.05 bits per heavy atom. The van der Waals surface area contributed by atoms with E-state index in [0.717, 1.165) is 22.4 Å². The lowest BCUT2D eigenvalue weighted by atomic mass is 10.1. The van der Waals surface area contributed by atoms with Crippen LogP contribution in [0.15, 0.2) is 42.5 Å². The maximum atomic E-state index is 8.87. The van der Waals surface area contributed by atoms with Gasteiger partial charge in [0, 0.05) is 6.04 Å². The van der Waals surface area contributed by atoms with Crippen LogP contribution in [-0.4, -0.2) is 0 Å². The van der Waals surface area contributed by atoms with Gasteiger partial charge in [-0.25, -0.2) is 0 Å². The summed E-state index contributed by atoms with van der Waals surface area (Å²) >= 11 is 0. The molecule has 20 heavy (non-hydrogen) atoms. The van der Waals surface area contributed by atoms with Crippen LogP contribution in [-0.2, 0) is 6.61 Å². The van der Waals surface area contributed by atoms with Crippen LogP contribution in [0, 0.1) is 18.3 Å². The minimum atomic E-state index is 0.0232. The molecule has 3 heteroatoms. The summed E-state index contributed by atoms with van der Waals surface area (Å²) in [6.45, 7) is 4.42. The van der Waals surface area contributed by atoms with E-state index in [1.54, 1.807) is 6.07 Å². The van der Waals surface area contributed by atoms with Gasteiger partial charge in [-0.2, -0.15) is 5.26 Å². The lowest BCUT2D eigenvalue weighted by Gasteiger charge is -2.12. The Kier molecular flexibility index (Phi) is 4.39. The fraction of sp³-hybridized carbons (Fsp3) is 0.235. The van der Waals surface area contributed by atoms with Crippen molar-refractivity contribution in [2.45, 2.75) is 26.5 Å². The number of rotatable bonds is 4. The number of nitrogens with two attached hydrogens (primary N) is 1. The van der Waals surface area contributed by atoms with Gasteiger partial charge in [0.2, 0.25) is 0 Å². The molecule has 0 aliphatic carbocycles. The highest BCUT2D eigenvalue weighted by atomic mass is 16.5. The normalized spacial score (nSPS) is 11.7. The molecule has 2 rings (SSSR count). The number of hydrogen-bond acceptors (Lipinski definition) is 3. The first-order valence-corrected chi connectivity index (χ1v) is 6.58. The molecule has 0 aliphatic rings. The van der Waals surface area contributed by atoms with Gasteiger partial charge in [-0.3, -0.25) is 0 Å². The minimum absolute atomic E-state index is 0.0232. The highest BCUT2D eigenvalue weighted by Gasteiger charge is 2.05. The Bertz CT molecular complexity index is 642. The number of nitrogens with zero attached hydrogens (tertiary/aromatic N) is 1. The molecule has 0 radical (unpaired) electrons. The molecule has 3 nitrogen and oxygen atoms in total. The van der Waals surface area contributed by atoms with Crippen molar-refractivity contribution in [3.63, 3.8) is 0 Å². The predicted octanol–water partition coefficient (Wildman–Crippen LogP) is 3.47. The molecular formula is C17H18N2O. The Morgan fingerprint density at radius 1 is 1.25 bits per heavy atom. The summed E-state index contributed by atoms with van der Waals surface area (Å²) in [5.74, 6) is 0.844. The van der Waals surface area contributed by atoms with E-state index in [1.807, 2.05) is 50.2 Å². The summed E-state index contributed by atoms with van der Waals surface area (Å²) in [7, 11) is 0. The van der Waals surface area contributed by atoms with Gasteiger partial charge < -0.3 is 10.5 Å². The molecule has 0 saturated heterocycles. The Morgan fingerprint density at radius 3 is 2.70 bits per heavy atom. The van der Waals surface area contributed by atoms with Crippen LogP contribution < -0.4 is 10.5 Å². The van der Waals surface area contributed by atoms with E-state index in [2.05, 4.69) is 6.07 Å². The third-order valence-corrected chi connectivity index (χ3v) is 3.18. The molecule has 0 aliphatic heterocycles. The van der Waals surface area contributed by atoms with E-state index in [9.17, 15) is 0 Å². The molecule has 0 aromatic heterocycles. The molecule has 0 fully saturated rings. The summed E-state index contributed by atoms with van der Waals surface area (Å²) in [4.78, 5) is 0. The molecule has 0 saturated carbocycles. The zero-order chi connectivity index (χ0) is 14.5. The van der Waals surface area contributed by atoms with Gasteiger partial charge in [0.15, 0.2) is 0 Å². The van der Waals surface area contributed by atoms with Gasteiger partial charge in [-0.15, -0.1) is 0 Å². The average molecular weight is 266 g/mol. The highest BCUT2D eigenvalue weighted by molar-refractivity contribution is 5.38. The molecule has 2 N–H and O–H groups in total. The second kappa shape index (κ2) is 6.23. The molecule has 1 atom stereocenters. The highest BCUT2D eigenvalue weighted by Crippen LogP contribution is 2.22. The molecular weight excluding hydrogens is 248 g/mol. The number of nitriles is 1. The SMILES string of the molecule is Cc1cc(C(C)N)ccc1OCc1cccc(C#N)c1. The van der Waals surface area contributed by atoms with Crippen LogP contribution in [0.2, 0.25) is 0 Å². The average Bonchev–Trinajstić information content (AvgIpc) is 2.46. The van der Waals surface area contributed by atoms with E-state index < -0.39 is 0 Å². The van der Waals surface area contributed by atoms with Crippen molar-refractivity contribution in [2.75, 3.05) is 0 Å². The first-order chi connectivity index (χ1) is 9.60. The maximum Gasteiger partial charge on any atom is 0.122 e. The van der Waals surface area contributed by atoms with Crippen molar-refractivity contribution in [3.05, 3.63) is 64.7 Å². The lowest BCUT2D eigenvalue weighted by Crippen LogP contribution is -2.05. The third kappa shape index (κ3) is 3.37. The number of hydrogen-bond donors (Lipinski definition) is 1. The fourth-order valence-electron chi connectivity index (χ4n) is 2.01. The molecule has 0 bridgehead atoms. The largest absolute Gasteiger partial charge is 0.489 e. The molecule has 102 valence electrons. The second-order valence-electron chi connectivity index (χ2n) is 4.91. The molecule has 0 heterocycles. The molecule has 0 spiro atoms. The van der Waals surface area contributed by atoms with Gasteiger partial charge in [-0.05, 0) is 48.7 Å². The Hall–Kier alpha value is -2.31. The van der Waals surface area contributed by atoms with E-state index in [0.29, 0.717) is 12.2 Å². The van der Waals surface area contributed by atoms with Crippen LogP contribution in [0.1, 0.15) is 35.2 Å². The lowest BCUT2D eigenvalue weighted by molar-refractivity contribution is 0.304. The molecule has 2 aromatic rings. The quantitative estimate of drug-likeness (QED) is 0.921. The van der Waals surface area contributed by atoms with E-state index in [4.69, 9.17) is 15.7 Å². The van der Waals surface area contributed by atoms with Crippen molar-refractivity contribution in [3.8, 4) is 11.8 Å². The summed E-state index contributed by atoms with van der Waals surface area (Å²) in [6.07, 6.45) is 0. The summed E-state index contributed by atoms with van der Waals surface area (Å²) < 4.78 is 5.81. The monoisotopic (exact) mass is 266 g/mol. The Balaban J connectivity index is 2.09. The van der Waals surface area contributed by atoms with Crippen LogP contribution in [0.5, 0.6) is 5.75 Å². The second-order valence-corrected chi connectivity index (χ2v) is 4.91. The van der Waals surface area contributed by atoms with Gasteiger partial charge in [0.25, 0.3) is 0 Å². The number of benzene rings is 2. The van der Waals surface area contributed by atoms with Crippen molar-refractivity contribution >= 4 is 0 Å². The number of aryl methyl sites for hydroxylation is 1. The van der Waals surface area contributed by atoms with Crippen molar-refractivity contribution < 1.29 is 4.74 Å². The summed E-state index contributed by atoms with van der Waals surface area (Å²) in [5, 5.41) is 8.87. The van der Waals surface area contributed by atoms with Gasteiger partial charge in [-0.1, -0.05) is 24.3 Å². The first-order valence-electron chi connectivity index (χ1n) is 6.58. The smallest absolute Gasteiger partial charge is 0.122 e. The van der Waals surface area contributed by atoms with Crippen LogP contribution in [0.4, 0.5) is 0 Å². The van der Waals surface area contributed by atoms with Crippen molar-refractivity contribution in [2.24, 2.45) is 5.73 Å². The molecule has 2 aromatic carbocycles. The first kappa shape index (κ1) is 14.1. The van der Waals surface area contributed by atoms with Crippen LogP contribution in [0.25, 0.3) is 0 Å². The topological polar surface area (TPSA) is 59.0 Å². The van der Waals surface area contributed by atoms with Gasteiger partial charge >= 0.3 is 0 Å². The number of ether oxygens (including phenoxy) is 1. The maximum absolute atomic E-state index is 8.87. The summed E-state index contributed by atoms with van der Waals surface area (Å²) in [5.41, 5.74) is 9.66. The zero-order valence-corrected chi connectivity index (χ0v) is 11.8. The predicted molar refractivity (Wildman–Crippen MR) is 79.3 cm³/mol. The van der Waals surface area contributed by atoms with E-state index in [1.165, 1.54) is 0 Å². The van der Waals surface area contributed by atoms with Gasteiger partial charge in [0.05, 0.1) is 11.6 Å². The van der Waals surface area contributed by atoms with Gasteiger partial charge in [0.1, 0.15) is 12.4 Å². The third-order valence-electron chi connectivity index (χ3n) is 3.18. The minimum Gasteiger partial charge on any atom is -0.489 e. The standard InChI is InChI=1S/C17H18N2O/c1-12-8-16(13(2)19)6-7-17(12)20-11-15-5-3-4-14(9-15)10-18/h3-9,13H,11,19H2,1-2H3. The van der Waals surface area contributed by atoms with Crippen LogP contribution >= 0.6 is 0 Å². The van der Waals surface area contributed by atoms with Crippen LogP contribution in [0.3, 0.4) is 0 Å². The van der Waals surface area contributed by atoms with Crippen molar-refractivity contribution in [1.29, 1.82) is 5.26 Å². The Labute approximate surface area is 119 Å². The van der Waals surface area contributed by atoms with E-state index >= 15 is 0 Å².